The highest BCUT2D eigenvalue weighted by atomic mass is 32.2. The summed E-state index contributed by atoms with van der Waals surface area (Å²) in [5, 5.41) is 5.06. The molecule has 0 atom stereocenters. The third-order valence-electron chi connectivity index (χ3n) is 3.15. The van der Waals surface area contributed by atoms with E-state index in [4.69, 9.17) is 5.14 Å². The van der Waals surface area contributed by atoms with Crippen molar-refractivity contribution >= 4 is 10.0 Å². The van der Waals surface area contributed by atoms with Crippen LogP contribution in [0.3, 0.4) is 0 Å². The van der Waals surface area contributed by atoms with Crippen LogP contribution in [0.25, 0.3) is 0 Å². The Kier molecular flexibility index (Phi) is 4.57. The summed E-state index contributed by atoms with van der Waals surface area (Å²) in [7, 11) is -3.72. The molecule has 0 bridgehead atoms. The van der Waals surface area contributed by atoms with E-state index < -0.39 is 10.0 Å². The van der Waals surface area contributed by atoms with E-state index in [1.54, 1.807) is 0 Å². The average Bonchev–Trinajstić information content (AvgIpc) is 2.83. The first-order valence-corrected chi connectivity index (χ1v) is 8.18. The second-order valence-corrected chi connectivity index (χ2v) is 6.18. The molecule has 0 fully saturated rings. The molecule has 6 heteroatoms. The lowest BCUT2D eigenvalue weighted by atomic mass is 10.1. The van der Waals surface area contributed by atoms with Crippen LogP contribution in [0.15, 0.2) is 41.6 Å². The van der Waals surface area contributed by atoms with Crippen molar-refractivity contribution in [2.45, 2.75) is 37.8 Å². The van der Waals surface area contributed by atoms with E-state index in [9.17, 15) is 8.42 Å². The van der Waals surface area contributed by atoms with Crippen molar-refractivity contribution in [1.82, 2.24) is 9.55 Å². The van der Waals surface area contributed by atoms with Crippen LogP contribution in [0.1, 0.15) is 24.7 Å². The number of primary sulfonamides is 1. The summed E-state index contributed by atoms with van der Waals surface area (Å²) in [6.07, 6.45) is 4.09. The van der Waals surface area contributed by atoms with Gasteiger partial charge in [-0.05, 0) is 18.4 Å². The van der Waals surface area contributed by atoms with Crippen molar-refractivity contribution < 1.29 is 8.42 Å². The van der Waals surface area contributed by atoms with Crippen molar-refractivity contribution in [2.75, 3.05) is 0 Å². The second kappa shape index (κ2) is 6.19. The molecule has 0 aliphatic rings. The normalized spacial score (nSPS) is 11.7. The Hall–Kier alpha value is -1.66. The third-order valence-corrected chi connectivity index (χ3v) is 3.93. The molecule has 1 aromatic carbocycles. The van der Waals surface area contributed by atoms with Crippen LogP contribution in [0.5, 0.6) is 0 Å². The van der Waals surface area contributed by atoms with Crippen molar-refractivity contribution in [3.05, 3.63) is 47.9 Å². The van der Waals surface area contributed by atoms with E-state index in [0.29, 0.717) is 6.42 Å². The van der Waals surface area contributed by atoms with Gasteiger partial charge in [-0.1, -0.05) is 37.3 Å². The number of aryl methyl sites for hydroxylation is 3. The molecule has 1 aromatic heterocycles. The molecule has 0 radical (unpaired) electrons. The SMILES string of the molecule is CCc1nc(S(N)(=O)=O)cn1CCCc1ccccc1. The van der Waals surface area contributed by atoms with Crippen LogP contribution in [-0.2, 0) is 29.4 Å². The molecular weight excluding hydrogens is 274 g/mol. The highest BCUT2D eigenvalue weighted by molar-refractivity contribution is 7.89. The third kappa shape index (κ3) is 3.68. The van der Waals surface area contributed by atoms with Crippen LogP contribution in [0.2, 0.25) is 0 Å². The standard InChI is InChI=1S/C14H19N3O2S/c1-2-13-16-14(20(15,18)19)11-17(13)10-6-9-12-7-4-3-5-8-12/h3-5,7-8,11H,2,6,9-10H2,1H3,(H2,15,18,19). The van der Waals surface area contributed by atoms with E-state index in [2.05, 4.69) is 17.1 Å². The van der Waals surface area contributed by atoms with Crippen LogP contribution >= 0.6 is 0 Å². The topological polar surface area (TPSA) is 78.0 Å². The van der Waals surface area contributed by atoms with Gasteiger partial charge in [0.05, 0.1) is 0 Å². The first-order chi connectivity index (χ1) is 9.50. The molecule has 108 valence electrons. The summed E-state index contributed by atoms with van der Waals surface area (Å²) < 4.78 is 24.5. The molecular formula is C14H19N3O2S. The molecule has 2 rings (SSSR count). The smallest absolute Gasteiger partial charge is 0.257 e. The summed E-state index contributed by atoms with van der Waals surface area (Å²) >= 11 is 0. The lowest BCUT2D eigenvalue weighted by Crippen LogP contribution is -2.12. The zero-order valence-electron chi connectivity index (χ0n) is 11.5. The van der Waals surface area contributed by atoms with Gasteiger partial charge in [0.15, 0.2) is 5.03 Å². The molecule has 2 N–H and O–H groups in total. The Morgan fingerprint density at radius 3 is 2.55 bits per heavy atom. The molecule has 5 nitrogen and oxygen atoms in total. The molecule has 0 saturated heterocycles. The van der Waals surface area contributed by atoms with Crippen molar-refractivity contribution in [1.29, 1.82) is 0 Å². The second-order valence-electron chi connectivity index (χ2n) is 4.68. The van der Waals surface area contributed by atoms with Gasteiger partial charge >= 0.3 is 0 Å². The van der Waals surface area contributed by atoms with Crippen molar-refractivity contribution in [3.8, 4) is 0 Å². The van der Waals surface area contributed by atoms with Gasteiger partial charge in [-0.2, -0.15) is 0 Å². The van der Waals surface area contributed by atoms with Gasteiger partial charge in [0, 0.05) is 19.2 Å². The molecule has 0 aliphatic heterocycles. The van der Waals surface area contributed by atoms with Gasteiger partial charge in [0.1, 0.15) is 5.82 Å². The molecule has 0 aliphatic carbocycles. The minimum absolute atomic E-state index is 0.0472. The monoisotopic (exact) mass is 293 g/mol. The van der Waals surface area contributed by atoms with E-state index in [-0.39, 0.29) is 5.03 Å². The largest absolute Gasteiger partial charge is 0.333 e. The van der Waals surface area contributed by atoms with Gasteiger partial charge < -0.3 is 4.57 Å². The predicted molar refractivity (Wildman–Crippen MR) is 77.7 cm³/mol. The maximum atomic E-state index is 11.3. The fourth-order valence-corrected chi connectivity index (χ4v) is 2.65. The number of hydrogen-bond donors (Lipinski definition) is 1. The Balaban J connectivity index is 2.04. The molecule has 0 amide bonds. The van der Waals surface area contributed by atoms with Crippen LogP contribution in [0, 0.1) is 0 Å². The number of benzene rings is 1. The van der Waals surface area contributed by atoms with Crippen LogP contribution in [0.4, 0.5) is 0 Å². The molecule has 0 spiro atoms. The minimum atomic E-state index is -3.72. The predicted octanol–water partition coefficient (Wildman–Crippen LogP) is 1.73. The minimum Gasteiger partial charge on any atom is -0.333 e. The molecule has 2 aromatic rings. The number of nitrogens with zero attached hydrogens (tertiary/aromatic N) is 2. The first-order valence-electron chi connectivity index (χ1n) is 6.63. The molecule has 0 unspecified atom stereocenters. The Labute approximate surface area is 119 Å². The fourth-order valence-electron chi connectivity index (χ4n) is 2.14. The number of nitrogens with two attached hydrogens (primary N) is 1. The van der Waals surface area contributed by atoms with Crippen molar-refractivity contribution in [2.24, 2.45) is 5.14 Å². The number of imidazole rings is 1. The molecule has 1 heterocycles. The quantitative estimate of drug-likeness (QED) is 0.881. The fraction of sp³-hybridized carbons (Fsp3) is 0.357. The van der Waals surface area contributed by atoms with E-state index in [1.807, 2.05) is 29.7 Å². The van der Waals surface area contributed by atoms with Gasteiger partial charge in [0.2, 0.25) is 0 Å². The number of rotatable bonds is 6. The Bertz CT molecular complexity index is 663. The van der Waals surface area contributed by atoms with Gasteiger partial charge in [-0.15, -0.1) is 0 Å². The number of aromatic nitrogens is 2. The average molecular weight is 293 g/mol. The Morgan fingerprint density at radius 1 is 1.25 bits per heavy atom. The lowest BCUT2D eigenvalue weighted by Gasteiger charge is -2.06. The lowest BCUT2D eigenvalue weighted by molar-refractivity contribution is 0.594. The van der Waals surface area contributed by atoms with E-state index in [1.165, 1.54) is 11.8 Å². The molecule has 20 heavy (non-hydrogen) atoms. The maximum Gasteiger partial charge on any atom is 0.257 e. The first kappa shape index (κ1) is 14.7. The zero-order valence-corrected chi connectivity index (χ0v) is 12.3. The number of sulfonamides is 1. The summed E-state index contributed by atoms with van der Waals surface area (Å²) in [5.41, 5.74) is 1.28. The highest BCUT2D eigenvalue weighted by Gasteiger charge is 2.15. The van der Waals surface area contributed by atoms with Crippen LogP contribution < -0.4 is 5.14 Å². The summed E-state index contributed by atoms with van der Waals surface area (Å²) in [5.74, 6) is 0.752. The summed E-state index contributed by atoms with van der Waals surface area (Å²) in [4.78, 5) is 4.08. The summed E-state index contributed by atoms with van der Waals surface area (Å²) in [6.45, 7) is 2.68. The zero-order chi connectivity index (χ0) is 14.6. The van der Waals surface area contributed by atoms with E-state index >= 15 is 0 Å². The van der Waals surface area contributed by atoms with E-state index in [0.717, 1.165) is 25.2 Å². The number of hydrogen-bond acceptors (Lipinski definition) is 3. The molecule has 0 saturated carbocycles. The van der Waals surface area contributed by atoms with Gasteiger partial charge in [0.25, 0.3) is 10.0 Å². The van der Waals surface area contributed by atoms with Crippen LogP contribution in [-0.4, -0.2) is 18.0 Å². The highest BCUT2D eigenvalue weighted by Crippen LogP contribution is 2.11. The van der Waals surface area contributed by atoms with Crippen molar-refractivity contribution in [3.63, 3.8) is 0 Å². The van der Waals surface area contributed by atoms with Gasteiger partial charge in [-0.3, -0.25) is 0 Å². The maximum absolute atomic E-state index is 11.3. The Morgan fingerprint density at radius 2 is 1.95 bits per heavy atom. The van der Waals surface area contributed by atoms with Gasteiger partial charge in [-0.25, -0.2) is 18.5 Å². The summed E-state index contributed by atoms with van der Waals surface area (Å²) in [6, 6.07) is 10.2.